The maximum absolute atomic E-state index is 12.1. The molecule has 0 aliphatic rings. The van der Waals surface area contributed by atoms with Gasteiger partial charge in [-0.3, -0.25) is 4.72 Å². The summed E-state index contributed by atoms with van der Waals surface area (Å²) in [5.74, 6) is -0.0889. The first-order valence-corrected chi connectivity index (χ1v) is 8.20. The highest BCUT2D eigenvalue weighted by molar-refractivity contribution is 7.94. The normalized spacial score (nSPS) is 11.5. The minimum Gasteiger partial charge on any atom is -0.506 e. The lowest BCUT2D eigenvalue weighted by Gasteiger charge is -2.07. The molecule has 7 heteroatoms. The molecule has 4 nitrogen and oxygen atoms in total. The predicted octanol–water partition coefficient (Wildman–Crippen LogP) is 3.47. The van der Waals surface area contributed by atoms with Gasteiger partial charge < -0.3 is 5.11 Å². The second-order valence-electron chi connectivity index (χ2n) is 3.85. The third kappa shape index (κ3) is 3.20. The van der Waals surface area contributed by atoms with Gasteiger partial charge in [-0.05, 0) is 36.8 Å². The molecule has 2 rings (SSSR count). The van der Waals surface area contributed by atoms with E-state index in [1.54, 1.807) is 12.1 Å². The van der Waals surface area contributed by atoms with Crippen LogP contribution in [0.4, 0.5) is 5.69 Å². The number of nitrogens with one attached hydrogen (secondary N) is 1. The molecule has 0 unspecified atom stereocenters. The molecule has 0 bridgehead atoms. The van der Waals surface area contributed by atoms with Crippen LogP contribution in [0.5, 0.6) is 5.75 Å². The molecule has 0 fully saturated rings. The van der Waals surface area contributed by atoms with Crippen molar-refractivity contribution in [3.8, 4) is 5.75 Å². The summed E-state index contributed by atoms with van der Waals surface area (Å²) in [6.45, 7) is 1.97. The molecular weight excluding hydrogens is 306 g/mol. The molecule has 19 heavy (non-hydrogen) atoms. The van der Waals surface area contributed by atoms with Crippen molar-refractivity contribution in [1.29, 1.82) is 0 Å². The Balaban J connectivity index is 2.28. The van der Waals surface area contributed by atoms with Crippen molar-refractivity contribution >= 4 is 38.6 Å². The van der Waals surface area contributed by atoms with Gasteiger partial charge in [-0.15, -0.1) is 11.3 Å². The first-order valence-electron chi connectivity index (χ1n) is 5.52. The maximum Gasteiger partial charge on any atom is 0.271 e. The zero-order chi connectivity index (χ0) is 14.0. The monoisotopic (exact) mass is 317 g/mol. The Morgan fingerprint density at radius 2 is 2.05 bits per heavy atom. The van der Waals surface area contributed by atoms with Gasteiger partial charge >= 0.3 is 0 Å². The minimum atomic E-state index is -3.60. The Morgan fingerprint density at radius 3 is 2.63 bits per heavy atom. The summed E-state index contributed by atoms with van der Waals surface area (Å²) in [6.07, 6.45) is 0.797. The number of phenolic OH excluding ortho intramolecular Hbond substituents is 1. The fourth-order valence-electron chi connectivity index (χ4n) is 1.47. The van der Waals surface area contributed by atoms with Crippen LogP contribution >= 0.6 is 22.9 Å². The van der Waals surface area contributed by atoms with Gasteiger partial charge in [-0.2, -0.15) is 0 Å². The highest BCUT2D eigenvalue weighted by Gasteiger charge is 2.17. The first-order chi connectivity index (χ1) is 8.92. The van der Waals surface area contributed by atoms with Crippen molar-refractivity contribution in [1.82, 2.24) is 0 Å². The van der Waals surface area contributed by atoms with Gasteiger partial charge in [-0.1, -0.05) is 18.5 Å². The topological polar surface area (TPSA) is 66.4 Å². The second-order valence-corrected chi connectivity index (χ2v) is 7.33. The number of aromatic hydroxyl groups is 1. The van der Waals surface area contributed by atoms with E-state index in [-0.39, 0.29) is 15.0 Å². The van der Waals surface area contributed by atoms with Crippen molar-refractivity contribution in [2.75, 3.05) is 4.72 Å². The molecule has 0 aliphatic carbocycles. The van der Waals surface area contributed by atoms with E-state index in [2.05, 4.69) is 4.72 Å². The summed E-state index contributed by atoms with van der Waals surface area (Å²) in [5, 5.41) is 9.38. The van der Waals surface area contributed by atoms with Crippen LogP contribution in [0.3, 0.4) is 0 Å². The van der Waals surface area contributed by atoms with Crippen LogP contribution in [0.1, 0.15) is 11.8 Å². The van der Waals surface area contributed by atoms with Gasteiger partial charge in [0.2, 0.25) is 0 Å². The summed E-state index contributed by atoms with van der Waals surface area (Å²) in [5.41, 5.74) is 0.314. The van der Waals surface area contributed by atoms with Gasteiger partial charge in [0.25, 0.3) is 10.0 Å². The lowest BCUT2D eigenvalue weighted by molar-refractivity contribution is 0.475. The molecule has 1 aromatic heterocycles. The van der Waals surface area contributed by atoms with E-state index < -0.39 is 10.0 Å². The van der Waals surface area contributed by atoms with E-state index in [1.165, 1.54) is 29.5 Å². The molecule has 2 N–H and O–H groups in total. The van der Waals surface area contributed by atoms with E-state index in [9.17, 15) is 13.5 Å². The van der Waals surface area contributed by atoms with Crippen LogP contribution in [-0.4, -0.2) is 13.5 Å². The van der Waals surface area contributed by atoms with Crippen LogP contribution in [0, 0.1) is 0 Å². The molecule has 0 spiro atoms. The van der Waals surface area contributed by atoms with Crippen LogP contribution in [-0.2, 0) is 16.4 Å². The highest BCUT2D eigenvalue weighted by Crippen LogP contribution is 2.29. The largest absolute Gasteiger partial charge is 0.506 e. The Morgan fingerprint density at radius 1 is 1.32 bits per heavy atom. The number of phenols is 1. The molecular formula is C12H12ClNO3S2. The number of halogens is 1. The maximum atomic E-state index is 12.1. The number of hydrogen-bond donors (Lipinski definition) is 2. The first kappa shape index (κ1) is 14.2. The van der Waals surface area contributed by atoms with Crippen molar-refractivity contribution < 1.29 is 13.5 Å². The second kappa shape index (κ2) is 5.40. The van der Waals surface area contributed by atoms with Crippen molar-refractivity contribution in [3.05, 3.63) is 40.2 Å². The Hall–Kier alpha value is -1.24. The number of hydrogen-bond acceptors (Lipinski definition) is 4. The number of sulfonamides is 1. The highest BCUT2D eigenvalue weighted by atomic mass is 35.5. The Bertz CT molecular complexity index is 695. The van der Waals surface area contributed by atoms with Crippen molar-refractivity contribution in [2.24, 2.45) is 0 Å². The third-order valence-corrected chi connectivity index (χ3v) is 5.86. The fraction of sp³-hybridized carbons (Fsp3) is 0.167. The number of rotatable bonds is 4. The lowest BCUT2D eigenvalue weighted by Crippen LogP contribution is -2.11. The van der Waals surface area contributed by atoms with E-state index in [0.29, 0.717) is 5.69 Å². The van der Waals surface area contributed by atoms with Gasteiger partial charge in [0.05, 0.1) is 10.7 Å². The summed E-state index contributed by atoms with van der Waals surface area (Å²) < 4.78 is 26.9. The number of thiophene rings is 1. The van der Waals surface area contributed by atoms with Gasteiger partial charge in [0, 0.05) is 4.88 Å². The summed E-state index contributed by atoms with van der Waals surface area (Å²) in [4.78, 5) is 1.00. The van der Waals surface area contributed by atoms with Gasteiger partial charge in [0.15, 0.2) is 0 Å². The van der Waals surface area contributed by atoms with Crippen molar-refractivity contribution in [3.63, 3.8) is 0 Å². The molecule has 0 atom stereocenters. The Kier molecular flexibility index (Phi) is 4.03. The smallest absolute Gasteiger partial charge is 0.271 e. The van der Waals surface area contributed by atoms with E-state index in [1.807, 2.05) is 6.92 Å². The fourth-order valence-corrected chi connectivity index (χ4v) is 3.99. The molecule has 1 heterocycles. The molecule has 0 aliphatic heterocycles. The predicted molar refractivity (Wildman–Crippen MR) is 77.6 cm³/mol. The Labute approximate surface area is 120 Å². The zero-order valence-corrected chi connectivity index (χ0v) is 12.4. The van der Waals surface area contributed by atoms with Gasteiger partial charge in [0.1, 0.15) is 9.96 Å². The molecule has 0 amide bonds. The molecule has 1 aromatic carbocycles. The quantitative estimate of drug-likeness (QED) is 0.848. The van der Waals surface area contributed by atoms with E-state index >= 15 is 0 Å². The van der Waals surface area contributed by atoms with Crippen LogP contribution < -0.4 is 4.72 Å². The molecule has 102 valence electrons. The molecule has 0 saturated carbocycles. The van der Waals surface area contributed by atoms with Crippen molar-refractivity contribution in [2.45, 2.75) is 17.6 Å². The molecule has 0 radical (unpaired) electrons. The molecule has 2 aromatic rings. The molecule has 0 saturated heterocycles. The zero-order valence-electron chi connectivity index (χ0n) is 10.1. The SMILES string of the molecule is CCc1ccc(S(=O)(=O)Nc2ccc(O)c(Cl)c2)s1. The van der Waals surface area contributed by atoms with Crippen LogP contribution in [0.25, 0.3) is 0 Å². The average Bonchev–Trinajstić information content (AvgIpc) is 2.83. The lowest BCUT2D eigenvalue weighted by atomic mass is 10.3. The third-order valence-electron chi connectivity index (χ3n) is 2.45. The van der Waals surface area contributed by atoms with E-state index in [4.69, 9.17) is 11.6 Å². The van der Waals surface area contributed by atoms with Crippen LogP contribution in [0.15, 0.2) is 34.5 Å². The van der Waals surface area contributed by atoms with Crippen LogP contribution in [0.2, 0.25) is 5.02 Å². The van der Waals surface area contributed by atoms with E-state index in [0.717, 1.165) is 11.3 Å². The average molecular weight is 318 g/mol. The summed E-state index contributed by atoms with van der Waals surface area (Å²) >= 11 is 6.97. The summed E-state index contributed by atoms with van der Waals surface area (Å²) in [6, 6.07) is 7.53. The number of benzene rings is 1. The standard InChI is InChI=1S/C12H12ClNO3S2/c1-2-9-4-6-12(18-9)19(16,17)14-8-3-5-11(15)10(13)7-8/h3-7,14-15H,2H2,1H3. The van der Waals surface area contributed by atoms with Gasteiger partial charge in [-0.25, -0.2) is 8.42 Å². The number of anilines is 1. The minimum absolute atomic E-state index is 0.0889. The number of aryl methyl sites for hydroxylation is 1. The summed E-state index contributed by atoms with van der Waals surface area (Å²) in [7, 11) is -3.60.